The molecule has 1 aromatic rings. The molecule has 0 heterocycles. The first-order valence-corrected chi connectivity index (χ1v) is 8.55. The van der Waals surface area contributed by atoms with Gasteiger partial charge in [0.2, 0.25) is 0 Å². The predicted octanol–water partition coefficient (Wildman–Crippen LogP) is 5.21. The van der Waals surface area contributed by atoms with E-state index in [0.717, 1.165) is 19.0 Å². The molecule has 0 aromatic heterocycles. The van der Waals surface area contributed by atoms with Gasteiger partial charge >= 0.3 is 0 Å². The highest BCUT2D eigenvalue weighted by atomic mass is 14.9. The van der Waals surface area contributed by atoms with Crippen LogP contribution in [-0.2, 0) is 6.42 Å². The van der Waals surface area contributed by atoms with Gasteiger partial charge in [-0.2, -0.15) is 0 Å². The molecule has 0 fully saturated rings. The lowest BCUT2D eigenvalue weighted by Gasteiger charge is -2.32. The number of hydrogen-bond donors (Lipinski definition) is 1. The second-order valence-electron chi connectivity index (χ2n) is 7.64. The smallest absolute Gasteiger partial charge is 0.000846 e. The normalized spacial score (nSPS) is 14.5. The van der Waals surface area contributed by atoms with Crippen LogP contribution < -0.4 is 5.32 Å². The van der Waals surface area contributed by atoms with Gasteiger partial charge in [-0.15, -0.1) is 0 Å². The Morgan fingerprint density at radius 1 is 1.10 bits per heavy atom. The third-order valence-corrected chi connectivity index (χ3v) is 4.40. The van der Waals surface area contributed by atoms with Crippen LogP contribution in [0, 0.1) is 32.1 Å². The maximum absolute atomic E-state index is 3.68. The molecule has 1 atom stereocenters. The molecule has 1 nitrogen and oxygen atoms in total. The van der Waals surface area contributed by atoms with Crippen LogP contribution >= 0.6 is 0 Å². The van der Waals surface area contributed by atoms with Gasteiger partial charge in [-0.05, 0) is 68.2 Å². The summed E-state index contributed by atoms with van der Waals surface area (Å²) in [5, 5.41) is 3.68. The fourth-order valence-corrected chi connectivity index (χ4v) is 3.42. The first-order chi connectivity index (χ1) is 9.77. The summed E-state index contributed by atoms with van der Waals surface area (Å²) < 4.78 is 0. The van der Waals surface area contributed by atoms with Crippen LogP contribution in [0.15, 0.2) is 12.1 Å². The van der Waals surface area contributed by atoms with Crippen LogP contribution in [0.1, 0.15) is 62.8 Å². The van der Waals surface area contributed by atoms with Gasteiger partial charge in [0.15, 0.2) is 0 Å². The molecule has 1 N–H and O–H groups in total. The lowest BCUT2D eigenvalue weighted by atomic mass is 9.77. The van der Waals surface area contributed by atoms with Crippen molar-refractivity contribution in [2.45, 2.75) is 67.7 Å². The molecule has 21 heavy (non-hydrogen) atoms. The molecule has 0 aliphatic rings. The van der Waals surface area contributed by atoms with Gasteiger partial charge in [0.1, 0.15) is 0 Å². The molecule has 0 spiro atoms. The second-order valence-corrected chi connectivity index (χ2v) is 7.64. The third kappa shape index (κ3) is 5.82. The molecule has 0 radical (unpaired) electrons. The van der Waals surface area contributed by atoms with Crippen molar-refractivity contribution in [2.75, 3.05) is 13.1 Å². The molecule has 0 saturated carbocycles. The van der Waals surface area contributed by atoms with Gasteiger partial charge in [-0.25, -0.2) is 0 Å². The maximum atomic E-state index is 3.68. The largest absolute Gasteiger partial charge is 0.316 e. The zero-order valence-corrected chi connectivity index (χ0v) is 15.3. The lowest BCUT2D eigenvalue weighted by molar-refractivity contribution is 0.270. The van der Waals surface area contributed by atoms with Crippen molar-refractivity contribution in [2.24, 2.45) is 11.3 Å². The summed E-state index contributed by atoms with van der Waals surface area (Å²) in [5.74, 6) is 0.721. The van der Waals surface area contributed by atoms with E-state index in [1.54, 1.807) is 5.56 Å². The Kier molecular flexibility index (Phi) is 6.93. The van der Waals surface area contributed by atoms with Crippen LogP contribution in [-0.4, -0.2) is 13.1 Å². The molecule has 1 rings (SSSR count). The molecular weight excluding hydrogens is 254 g/mol. The van der Waals surface area contributed by atoms with E-state index in [2.05, 4.69) is 65.9 Å². The van der Waals surface area contributed by atoms with Crippen molar-refractivity contribution in [3.05, 3.63) is 34.4 Å². The minimum absolute atomic E-state index is 0.356. The minimum Gasteiger partial charge on any atom is -0.316 e. The van der Waals surface area contributed by atoms with Crippen molar-refractivity contribution >= 4 is 0 Å². The highest BCUT2D eigenvalue weighted by molar-refractivity contribution is 5.38. The Hall–Kier alpha value is -0.820. The van der Waals surface area contributed by atoms with Gasteiger partial charge in [-0.3, -0.25) is 0 Å². The van der Waals surface area contributed by atoms with E-state index in [1.165, 1.54) is 36.0 Å². The SMILES string of the molecule is CCCC(C)(CNCC(C)C)Cc1c(C)cc(C)cc1C. The minimum atomic E-state index is 0.356. The Balaban J connectivity index is 2.86. The van der Waals surface area contributed by atoms with Crippen LogP contribution in [0.25, 0.3) is 0 Å². The Bertz CT molecular complexity index is 424. The molecule has 1 aromatic carbocycles. The molecule has 1 unspecified atom stereocenters. The van der Waals surface area contributed by atoms with E-state index < -0.39 is 0 Å². The zero-order valence-electron chi connectivity index (χ0n) is 15.3. The van der Waals surface area contributed by atoms with E-state index in [0.29, 0.717) is 5.41 Å². The number of aryl methyl sites for hydroxylation is 3. The van der Waals surface area contributed by atoms with Crippen LogP contribution in [0.3, 0.4) is 0 Å². The molecule has 0 saturated heterocycles. The second kappa shape index (κ2) is 7.98. The number of hydrogen-bond acceptors (Lipinski definition) is 1. The third-order valence-electron chi connectivity index (χ3n) is 4.40. The number of rotatable bonds is 8. The van der Waals surface area contributed by atoms with Gasteiger partial charge in [0.05, 0.1) is 0 Å². The molecule has 0 bridgehead atoms. The zero-order chi connectivity index (χ0) is 16.0. The summed E-state index contributed by atoms with van der Waals surface area (Å²) in [5.41, 5.74) is 6.21. The predicted molar refractivity (Wildman–Crippen MR) is 95.1 cm³/mol. The average Bonchev–Trinajstić information content (AvgIpc) is 2.33. The molecule has 0 amide bonds. The number of benzene rings is 1. The summed E-state index contributed by atoms with van der Waals surface area (Å²) in [6.07, 6.45) is 3.72. The fraction of sp³-hybridized carbons (Fsp3) is 0.700. The molecule has 0 aliphatic heterocycles. The van der Waals surface area contributed by atoms with Crippen LogP contribution in [0.4, 0.5) is 0 Å². The quantitative estimate of drug-likeness (QED) is 0.693. The highest BCUT2D eigenvalue weighted by Gasteiger charge is 2.25. The summed E-state index contributed by atoms with van der Waals surface area (Å²) in [4.78, 5) is 0. The Morgan fingerprint density at radius 2 is 1.67 bits per heavy atom. The van der Waals surface area contributed by atoms with E-state index in [9.17, 15) is 0 Å². The van der Waals surface area contributed by atoms with Crippen molar-refractivity contribution in [1.29, 1.82) is 0 Å². The molecule has 1 heteroatoms. The van der Waals surface area contributed by atoms with E-state index in [-0.39, 0.29) is 0 Å². The summed E-state index contributed by atoms with van der Waals surface area (Å²) in [6, 6.07) is 4.66. The van der Waals surface area contributed by atoms with Crippen molar-refractivity contribution in [1.82, 2.24) is 5.32 Å². The van der Waals surface area contributed by atoms with Gasteiger partial charge in [0, 0.05) is 6.54 Å². The molecule has 120 valence electrons. The first-order valence-electron chi connectivity index (χ1n) is 8.55. The maximum Gasteiger partial charge on any atom is 0.000846 e. The van der Waals surface area contributed by atoms with Crippen molar-refractivity contribution in [3.8, 4) is 0 Å². The Labute approximate surface area is 132 Å². The topological polar surface area (TPSA) is 12.0 Å². The van der Waals surface area contributed by atoms with Crippen molar-refractivity contribution in [3.63, 3.8) is 0 Å². The standard InChI is InChI=1S/C20H35N/c1-8-9-20(7,14-21-13-15(2)3)12-19-17(5)10-16(4)11-18(19)6/h10-11,15,21H,8-9,12-14H2,1-7H3. The summed E-state index contributed by atoms with van der Waals surface area (Å²) in [7, 11) is 0. The van der Waals surface area contributed by atoms with Crippen molar-refractivity contribution < 1.29 is 0 Å². The van der Waals surface area contributed by atoms with E-state index in [4.69, 9.17) is 0 Å². The average molecular weight is 290 g/mol. The number of nitrogens with one attached hydrogen (secondary N) is 1. The summed E-state index contributed by atoms with van der Waals surface area (Å²) in [6.45, 7) is 18.3. The Morgan fingerprint density at radius 3 is 2.14 bits per heavy atom. The molecular formula is C20H35N. The fourth-order valence-electron chi connectivity index (χ4n) is 3.42. The van der Waals surface area contributed by atoms with E-state index in [1.807, 2.05) is 0 Å². The monoisotopic (exact) mass is 289 g/mol. The molecule has 0 aliphatic carbocycles. The summed E-state index contributed by atoms with van der Waals surface area (Å²) >= 11 is 0. The van der Waals surface area contributed by atoms with Gasteiger partial charge < -0.3 is 5.32 Å². The lowest BCUT2D eigenvalue weighted by Crippen LogP contribution is -2.35. The van der Waals surface area contributed by atoms with Gasteiger partial charge in [0.25, 0.3) is 0 Å². The first kappa shape index (κ1) is 18.2. The van der Waals surface area contributed by atoms with Crippen LogP contribution in [0.2, 0.25) is 0 Å². The highest BCUT2D eigenvalue weighted by Crippen LogP contribution is 2.31. The van der Waals surface area contributed by atoms with E-state index >= 15 is 0 Å². The van der Waals surface area contributed by atoms with Gasteiger partial charge in [-0.1, -0.05) is 51.8 Å². The van der Waals surface area contributed by atoms with Crippen LogP contribution in [0.5, 0.6) is 0 Å².